The Morgan fingerprint density at radius 3 is 2.57 bits per heavy atom. The monoisotopic (exact) mass is 333 g/mol. The third kappa shape index (κ3) is 3.30. The minimum absolute atomic E-state index is 0.0339. The summed E-state index contributed by atoms with van der Waals surface area (Å²) in [5, 5.41) is 9.19. The summed E-state index contributed by atoms with van der Waals surface area (Å²) >= 11 is 5.85. The molecule has 0 spiro atoms. The molecule has 0 amide bonds. The molecule has 8 heteroatoms. The molecule has 0 aliphatic heterocycles. The number of rotatable bonds is 6. The maximum absolute atomic E-state index is 12.6. The number of halogens is 1. The van der Waals surface area contributed by atoms with E-state index in [2.05, 4.69) is 0 Å². The lowest BCUT2D eigenvalue weighted by molar-refractivity contribution is 0.0693. The van der Waals surface area contributed by atoms with Crippen molar-refractivity contribution in [3.63, 3.8) is 0 Å². The molecule has 21 heavy (non-hydrogen) atoms. The summed E-state index contributed by atoms with van der Waals surface area (Å²) in [6, 6.07) is 2.38. The van der Waals surface area contributed by atoms with E-state index in [1.165, 1.54) is 30.6 Å². The molecule has 1 aliphatic rings. The first kappa shape index (κ1) is 16.1. The summed E-state index contributed by atoms with van der Waals surface area (Å²) in [6.45, 7) is 0.403. The molecule has 0 radical (unpaired) electrons. The van der Waals surface area contributed by atoms with Crippen LogP contribution < -0.4 is 4.74 Å². The van der Waals surface area contributed by atoms with Gasteiger partial charge in [-0.1, -0.05) is 11.6 Å². The molecule has 0 atom stereocenters. The van der Waals surface area contributed by atoms with Gasteiger partial charge in [0.1, 0.15) is 10.5 Å². The second-order valence-electron chi connectivity index (χ2n) is 5.02. The number of carbonyl (C=O) groups is 1. The fraction of sp³-hybridized carbons (Fsp3) is 0.462. The topological polar surface area (TPSA) is 83.9 Å². The molecule has 0 saturated heterocycles. The zero-order chi connectivity index (χ0) is 15.8. The van der Waals surface area contributed by atoms with Gasteiger partial charge in [0, 0.05) is 18.6 Å². The molecule has 1 fully saturated rings. The van der Waals surface area contributed by atoms with E-state index in [-0.39, 0.29) is 21.2 Å². The Balaban J connectivity index is 2.52. The van der Waals surface area contributed by atoms with Crippen molar-refractivity contribution >= 4 is 27.6 Å². The maximum Gasteiger partial charge on any atom is 0.339 e. The highest BCUT2D eigenvalue weighted by Crippen LogP contribution is 2.35. The van der Waals surface area contributed by atoms with Crippen molar-refractivity contribution in [2.75, 3.05) is 20.7 Å². The smallest absolute Gasteiger partial charge is 0.339 e. The summed E-state index contributed by atoms with van der Waals surface area (Å²) in [5.74, 6) is -1.13. The number of carboxylic acids is 1. The Morgan fingerprint density at radius 1 is 1.48 bits per heavy atom. The van der Waals surface area contributed by atoms with Crippen molar-refractivity contribution < 1.29 is 23.1 Å². The normalized spacial score (nSPS) is 15.2. The third-order valence-corrected chi connectivity index (χ3v) is 5.40. The SMILES string of the molecule is COc1c(C(=O)O)cc(Cl)cc1S(=O)(=O)N(C)CC1CC1. The molecule has 1 aromatic rings. The lowest BCUT2D eigenvalue weighted by atomic mass is 10.2. The van der Waals surface area contributed by atoms with E-state index in [4.69, 9.17) is 21.4 Å². The molecule has 0 aromatic heterocycles. The van der Waals surface area contributed by atoms with Crippen LogP contribution in [0.3, 0.4) is 0 Å². The first-order valence-electron chi connectivity index (χ1n) is 6.34. The Morgan fingerprint density at radius 2 is 2.10 bits per heavy atom. The highest BCUT2D eigenvalue weighted by Gasteiger charge is 2.32. The predicted octanol–water partition coefficient (Wildman–Crippen LogP) is 2.08. The molecule has 0 unspecified atom stereocenters. The van der Waals surface area contributed by atoms with Crippen molar-refractivity contribution in [2.45, 2.75) is 17.7 Å². The number of nitrogens with zero attached hydrogens (tertiary/aromatic N) is 1. The summed E-state index contributed by atoms with van der Waals surface area (Å²) in [5.41, 5.74) is -0.275. The first-order valence-corrected chi connectivity index (χ1v) is 8.16. The fourth-order valence-corrected chi connectivity index (χ4v) is 3.79. The van der Waals surface area contributed by atoms with Crippen LogP contribution in [0.15, 0.2) is 17.0 Å². The Bertz CT molecular complexity index is 669. The second kappa shape index (κ2) is 5.82. The van der Waals surface area contributed by atoms with Crippen molar-refractivity contribution in [3.05, 3.63) is 22.7 Å². The largest absolute Gasteiger partial charge is 0.494 e. The zero-order valence-corrected chi connectivity index (χ0v) is 13.2. The highest BCUT2D eigenvalue weighted by molar-refractivity contribution is 7.89. The van der Waals surface area contributed by atoms with Crippen LogP contribution in [-0.4, -0.2) is 44.5 Å². The van der Waals surface area contributed by atoms with Crippen LogP contribution in [0.4, 0.5) is 0 Å². The van der Waals surface area contributed by atoms with E-state index < -0.39 is 16.0 Å². The number of aromatic carboxylic acids is 1. The number of carboxylic acid groups (broad SMARTS) is 1. The summed E-state index contributed by atoms with van der Waals surface area (Å²) in [4.78, 5) is 11.0. The predicted molar refractivity (Wildman–Crippen MR) is 77.5 cm³/mol. The number of ether oxygens (including phenoxy) is 1. The molecule has 116 valence electrons. The van der Waals surface area contributed by atoms with Crippen LogP contribution >= 0.6 is 11.6 Å². The lowest BCUT2D eigenvalue weighted by Gasteiger charge is -2.19. The molecule has 2 rings (SSSR count). The van der Waals surface area contributed by atoms with E-state index in [1.807, 2.05) is 0 Å². The quantitative estimate of drug-likeness (QED) is 0.861. The Hall–Kier alpha value is -1.31. The van der Waals surface area contributed by atoms with Gasteiger partial charge in [0.2, 0.25) is 10.0 Å². The van der Waals surface area contributed by atoms with E-state index >= 15 is 0 Å². The molecule has 1 aliphatic carbocycles. The molecular weight excluding hydrogens is 318 g/mol. The van der Waals surface area contributed by atoms with Gasteiger partial charge in [-0.3, -0.25) is 0 Å². The van der Waals surface area contributed by atoms with Crippen LogP contribution in [0.25, 0.3) is 0 Å². The number of sulfonamides is 1. The van der Waals surface area contributed by atoms with E-state index in [9.17, 15) is 13.2 Å². The Labute approximate surface area is 128 Å². The molecule has 0 bridgehead atoms. The number of hydrogen-bond donors (Lipinski definition) is 1. The van der Waals surface area contributed by atoms with Crippen LogP contribution in [0.5, 0.6) is 5.75 Å². The third-order valence-electron chi connectivity index (χ3n) is 3.35. The minimum atomic E-state index is -3.85. The van der Waals surface area contributed by atoms with Gasteiger partial charge < -0.3 is 9.84 Å². The molecule has 6 nitrogen and oxygen atoms in total. The second-order valence-corrected chi connectivity index (χ2v) is 7.47. The van der Waals surface area contributed by atoms with Crippen LogP contribution in [0, 0.1) is 5.92 Å². The molecule has 1 aromatic carbocycles. The number of hydrogen-bond acceptors (Lipinski definition) is 4. The van der Waals surface area contributed by atoms with Gasteiger partial charge in [-0.05, 0) is 30.9 Å². The molecular formula is C13H16ClNO5S. The van der Waals surface area contributed by atoms with Crippen LogP contribution in [-0.2, 0) is 10.0 Å². The summed E-state index contributed by atoms with van der Waals surface area (Å²) in [6.07, 6.45) is 2.01. The average Bonchev–Trinajstić information content (AvgIpc) is 3.21. The van der Waals surface area contributed by atoms with Gasteiger partial charge in [0.15, 0.2) is 5.75 Å². The first-order chi connectivity index (χ1) is 9.77. The zero-order valence-electron chi connectivity index (χ0n) is 11.7. The molecule has 0 heterocycles. The number of methoxy groups -OCH3 is 1. The Kier molecular flexibility index (Phi) is 4.46. The van der Waals surface area contributed by atoms with Gasteiger partial charge in [-0.25, -0.2) is 17.5 Å². The van der Waals surface area contributed by atoms with Crippen LogP contribution in [0.1, 0.15) is 23.2 Å². The van der Waals surface area contributed by atoms with E-state index in [0.717, 1.165) is 12.8 Å². The van der Waals surface area contributed by atoms with Crippen LogP contribution in [0.2, 0.25) is 5.02 Å². The maximum atomic E-state index is 12.6. The van der Waals surface area contributed by atoms with E-state index in [0.29, 0.717) is 12.5 Å². The molecule has 1 saturated carbocycles. The van der Waals surface area contributed by atoms with E-state index in [1.54, 1.807) is 0 Å². The van der Waals surface area contributed by atoms with Gasteiger partial charge in [0.25, 0.3) is 0 Å². The fourth-order valence-electron chi connectivity index (χ4n) is 2.06. The summed E-state index contributed by atoms with van der Waals surface area (Å²) in [7, 11) is -1.16. The summed E-state index contributed by atoms with van der Waals surface area (Å²) < 4.78 is 31.4. The van der Waals surface area contributed by atoms with Gasteiger partial charge >= 0.3 is 5.97 Å². The lowest BCUT2D eigenvalue weighted by Crippen LogP contribution is -2.29. The number of benzene rings is 1. The van der Waals surface area contributed by atoms with Gasteiger partial charge in [-0.15, -0.1) is 0 Å². The molecule has 1 N–H and O–H groups in total. The van der Waals surface area contributed by atoms with Crippen molar-refractivity contribution in [1.29, 1.82) is 0 Å². The highest BCUT2D eigenvalue weighted by atomic mass is 35.5. The standard InChI is InChI=1S/C13H16ClNO5S/c1-15(7-8-3-4-8)21(18,19)11-6-9(14)5-10(13(16)17)12(11)20-2/h5-6,8H,3-4,7H2,1-2H3,(H,16,17). The van der Waals surface area contributed by atoms with Crippen molar-refractivity contribution in [2.24, 2.45) is 5.92 Å². The minimum Gasteiger partial charge on any atom is -0.494 e. The van der Waals surface area contributed by atoms with Gasteiger partial charge in [-0.2, -0.15) is 0 Å². The van der Waals surface area contributed by atoms with Crippen molar-refractivity contribution in [3.8, 4) is 5.75 Å². The van der Waals surface area contributed by atoms with Crippen molar-refractivity contribution in [1.82, 2.24) is 4.31 Å². The van der Waals surface area contributed by atoms with Gasteiger partial charge in [0.05, 0.1) is 7.11 Å². The average molecular weight is 334 g/mol.